The molecule has 0 saturated carbocycles. The maximum absolute atomic E-state index is 14.2. The van der Waals surface area contributed by atoms with Crippen molar-refractivity contribution >= 4 is 34.1 Å². The predicted molar refractivity (Wildman–Crippen MR) is 106 cm³/mol. The molecule has 0 fully saturated rings. The van der Waals surface area contributed by atoms with E-state index in [1.165, 1.54) is 29.2 Å². The zero-order valence-corrected chi connectivity index (χ0v) is 16.5. The van der Waals surface area contributed by atoms with Crippen LogP contribution in [0, 0.1) is 12.7 Å². The van der Waals surface area contributed by atoms with E-state index in [1.807, 2.05) is 12.3 Å². The second-order valence-corrected chi connectivity index (χ2v) is 7.89. The number of hydrogen-bond donors (Lipinski definition) is 1. The highest BCUT2D eigenvalue weighted by atomic mass is 32.2. The number of thioether (sulfide) groups is 1. The number of hydrogen-bond acceptors (Lipinski definition) is 6. The topological polar surface area (TPSA) is 72.7 Å². The van der Waals surface area contributed by atoms with Crippen LogP contribution in [0.5, 0.6) is 0 Å². The predicted octanol–water partition coefficient (Wildman–Crippen LogP) is 4.15. The van der Waals surface area contributed by atoms with Gasteiger partial charge in [0.25, 0.3) is 0 Å². The van der Waals surface area contributed by atoms with Gasteiger partial charge in [-0.05, 0) is 26.0 Å². The highest BCUT2D eigenvalue weighted by Gasteiger charge is 2.22. The lowest BCUT2D eigenvalue weighted by molar-refractivity contribution is -0.115. The second-order valence-electron chi connectivity index (χ2n) is 5.73. The number of halogens is 1. The van der Waals surface area contributed by atoms with Crippen molar-refractivity contribution < 1.29 is 9.18 Å². The van der Waals surface area contributed by atoms with Crippen molar-refractivity contribution in [3.05, 3.63) is 53.8 Å². The first-order valence-electron chi connectivity index (χ1n) is 8.18. The number of anilines is 1. The Labute approximate surface area is 164 Å². The summed E-state index contributed by atoms with van der Waals surface area (Å²) in [5, 5.41) is 13.6. The molecule has 0 saturated heterocycles. The van der Waals surface area contributed by atoms with Crippen molar-refractivity contribution in [1.29, 1.82) is 0 Å². The summed E-state index contributed by atoms with van der Waals surface area (Å²) in [7, 11) is 0. The first kappa shape index (κ1) is 19.2. The van der Waals surface area contributed by atoms with E-state index in [-0.39, 0.29) is 11.7 Å². The monoisotopic (exact) mass is 403 g/mol. The molecule has 27 heavy (non-hydrogen) atoms. The number of allylic oxidation sites excluding steroid dienone is 1. The molecule has 140 valence electrons. The van der Waals surface area contributed by atoms with Gasteiger partial charge in [0, 0.05) is 11.9 Å². The number of benzene rings is 1. The van der Waals surface area contributed by atoms with Crippen molar-refractivity contribution in [3.8, 4) is 11.4 Å². The van der Waals surface area contributed by atoms with Crippen molar-refractivity contribution in [2.24, 2.45) is 0 Å². The molecule has 1 amide bonds. The van der Waals surface area contributed by atoms with Crippen LogP contribution >= 0.6 is 23.1 Å². The van der Waals surface area contributed by atoms with E-state index in [0.29, 0.717) is 28.2 Å². The summed E-state index contributed by atoms with van der Waals surface area (Å²) in [4.78, 5) is 16.7. The van der Waals surface area contributed by atoms with Gasteiger partial charge in [-0.3, -0.25) is 9.36 Å². The number of carbonyl (C=O) groups is 1. The van der Waals surface area contributed by atoms with Crippen LogP contribution in [0.4, 0.5) is 9.52 Å². The number of amides is 1. The number of aryl methyl sites for hydroxylation is 1. The third-order valence-corrected chi connectivity index (χ3v) is 5.60. The number of nitrogens with one attached hydrogen (secondary N) is 1. The summed E-state index contributed by atoms with van der Waals surface area (Å²) in [6.45, 7) is 7.78. The van der Waals surface area contributed by atoms with Crippen LogP contribution in [0.15, 0.2) is 47.5 Å². The highest BCUT2D eigenvalue weighted by Crippen LogP contribution is 2.29. The summed E-state index contributed by atoms with van der Waals surface area (Å²) < 4.78 is 15.9. The van der Waals surface area contributed by atoms with Gasteiger partial charge in [0.2, 0.25) is 5.91 Å². The Morgan fingerprint density at radius 3 is 2.89 bits per heavy atom. The van der Waals surface area contributed by atoms with Gasteiger partial charge in [0.15, 0.2) is 16.1 Å². The smallest absolute Gasteiger partial charge is 0.239 e. The molecule has 1 N–H and O–H groups in total. The Morgan fingerprint density at radius 1 is 1.44 bits per heavy atom. The highest BCUT2D eigenvalue weighted by molar-refractivity contribution is 8.00. The molecule has 0 aliphatic carbocycles. The molecule has 3 rings (SSSR count). The first-order chi connectivity index (χ1) is 13.0. The fourth-order valence-corrected chi connectivity index (χ4v) is 3.89. The average molecular weight is 404 g/mol. The Morgan fingerprint density at radius 2 is 2.22 bits per heavy atom. The zero-order valence-electron chi connectivity index (χ0n) is 14.8. The normalized spacial score (nSPS) is 12.0. The quantitative estimate of drug-likeness (QED) is 0.474. The lowest BCUT2D eigenvalue weighted by Gasteiger charge is -2.12. The van der Waals surface area contributed by atoms with Crippen molar-refractivity contribution in [2.45, 2.75) is 30.8 Å². The average Bonchev–Trinajstić information content (AvgIpc) is 3.22. The van der Waals surface area contributed by atoms with Gasteiger partial charge in [-0.15, -0.1) is 28.1 Å². The lowest BCUT2D eigenvalue weighted by atomic mass is 10.2. The summed E-state index contributed by atoms with van der Waals surface area (Å²) in [6, 6.07) is 6.38. The third kappa shape index (κ3) is 4.42. The van der Waals surface area contributed by atoms with E-state index in [1.54, 1.807) is 35.8 Å². The molecule has 0 aliphatic heterocycles. The molecular formula is C18H18FN5OS2. The molecule has 6 nitrogen and oxygen atoms in total. The van der Waals surface area contributed by atoms with E-state index < -0.39 is 5.25 Å². The second kappa shape index (κ2) is 8.45. The minimum Gasteiger partial charge on any atom is -0.301 e. The molecule has 0 bridgehead atoms. The van der Waals surface area contributed by atoms with Crippen LogP contribution in [0.2, 0.25) is 0 Å². The van der Waals surface area contributed by atoms with Crippen LogP contribution in [0.25, 0.3) is 11.4 Å². The SMILES string of the molecule is C=CCn1c(SC(C)C(=O)Nc2nc(C)cs2)nnc1-c1ccccc1F. The third-order valence-electron chi connectivity index (χ3n) is 3.64. The fraction of sp³-hybridized carbons (Fsp3) is 0.222. The standard InChI is InChI=1S/C18H18FN5OS2/c1-4-9-24-15(13-7-5-6-8-14(13)19)22-23-18(24)27-12(3)16(25)21-17-20-11(2)10-26-17/h4-8,10,12H,1,9H2,2-3H3,(H,20,21,25). The molecule has 2 heterocycles. The largest absolute Gasteiger partial charge is 0.301 e. The van der Waals surface area contributed by atoms with E-state index >= 15 is 0 Å². The van der Waals surface area contributed by atoms with E-state index in [4.69, 9.17) is 0 Å². The van der Waals surface area contributed by atoms with Crippen LogP contribution in [0.1, 0.15) is 12.6 Å². The zero-order chi connectivity index (χ0) is 19.4. The van der Waals surface area contributed by atoms with Crippen LogP contribution in [-0.2, 0) is 11.3 Å². The number of thiazole rings is 1. The molecule has 1 unspecified atom stereocenters. The number of rotatable bonds is 7. The van der Waals surface area contributed by atoms with Crippen LogP contribution in [0.3, 0.4) is 0 Å². The molecule has 3 aromatic rings. The van der Waals surface area contributed by atoms with E-state index in [0.717, 1.165) is 5.69 Å². The number of nitrogens with zero attached hydrogens (tertiary/aromatic N) is 4. The lowest BCUT2D eigenvalue weighted by Crippen LogP contribution is -2.22. The Kier molecular flexibility index (Phi) is 6.02. The summed E-state index contributed by atoms with van der Waals surface area (Å²) >= 11 is 2.63. The molecular weight excluding hydrogens is 385 g/mol. The van der Waals surface area contributed by atoms with Gasteiger partial charge in [0.05, 0.1) is 16.5 Å². The molecule has 0 radical (unpaired) electrons. The van der Waals surface area contributed by atoms with E-state index in [9.17, 15) is 9.18 Å². The van der Waals surface area contributed by atoms with Crippen molar-refractivity contribution in [3.63, 3.8) is 0 Å². The molecule has 1 atom stereocenters. The van der Waals surface area contributed by atoms with Gasteiger partial charge in [-0.2, -0.15) is 0 Å². The van der Waals surface area contributed by atoms with Gasteiger partial charge >= 0.3 is 0 Å². The van der Waals surface area contributed by atoms with Crippen molar-refractivity contribution in [1.82, 2.24) is 19.7 Å². The van der Waals surface area contributed by atoms with Gasteiger partial charge in [0.1, 0.15) is 5.82 Å². The molecule has 0 spiro atoms. The maximum Gasteiger partial charge on any atom is 0.239 e. The first-order valence-corrected chi connectivity index (χ1v) is 9.94. The van der Waals surface area contributed by atoms with Gasteiger partial charge < -0.3 is 5.32 Å². The van der Waals surface area contributed by atoms with Crippen LogP contribution < -0.4 is 5.32 Å². The number of carbonyl (C=O) groups excluding carboxylic acids is 1. The Bertz CT molecular complexity index is 968. The Hall–Kier alpha value is -2.52. The van der Waals surface area contributed by atoms with Crippen LogP contribution in [-0.4, -0.2) is 30.9 Å². The molecule has 9 heteroatoms. The molecule has 0 aliphatic rings. The summed E-state index contributed by atoms with van der Waals surface area (Å²) in [6.07, 6.45) is 1.68. The Balaban J connectivity index is 1.81. The molecule has 1 aromatic carbocycles. The maximum atomic E-state index is 14.2. The van der Waals surface area contributed by atoms with E-state index in [2.05, 4.69) is 27.1 Å². The van der Waals surface area contributed by atoms with Crippen molar-refractivity contribution in [2.75, 3.05) is 5.32 Å². The van der Waals surface area contributed by atoms with Gasteiger partial charge in [-0.25, -0.2) is 9.37 Å². The minimum absolute atomic E-state index is 0.185. The molecule has 2 aromatic heterocycles. The number of aromatic nitrogens is 4. The van der Waals surface area contributed by atoms with Gasteiger partial charge in [-0.1, -0.05) is 30.0 Å². The summed E-state index contributed by atoms with van der Waals surface area (Å²) in [5.74, 6) is -0.162. The minimum atomic E-state index is -0.435. The summed E-state index contributed by atoms with van der Waals surface area (Å²) in [5.41, 5.74) is 1.21. The fourth-order valence-electron chi connectivity index (χ4n) is 2.34.